The van der Waals surface area contributed by atoms with Gasteiger partial charge in [0.2, 0.25) is 0 Å². The first-order chi connectivity index (χ1) is 13.1. The van der Waals surface area contributed by atoms with Gasteiger partial charge >= 0.3 is 0 Å². The number of nitrogens with zero attached hydrogens (tertiary/aromatic N) is 1. The zero-order valence-corrected chi connectivity index (χ0v) is 18.9. The molecule has 0 bridgehead atoms. The van der Waals surface area contributed by atoms with E-state index in [1.807, 2.05) is 25.9 Å². The van der Waals surface area contributed by atoms with Crippen LogP contribution in [0.1, 0.15) is 104 Å². The summed E-state index contributed by atoms with van der Waals surface area (Å²) >= 11 is 0. The van der Waals surface area contributed by atoms with Gasteiger partial charge in [0.05, 0.1) is 12.6 Å². The highest BCUT2D eigenvalue weighted by molar-refractivity contribution is 5.85. The number of hydrogen-bond acceptors (Lipinski definition) is 3. The largest absolute Gasteiger partial charge is 0.308 e. The number of nitrogens with one attached hydrogen (secondary N) is 1. The fourth-order valence-corrected chi connectivity index (χ4v) is 3.25. The quantitative estimate of drug-likeness (QED) is 0.204. The van der Waals surface area contributed by atoms with E-state index in [1.165, 1.54) is 89.9 Å². The first-order valence-corrected chi connectivity index (χ1v) is 11.6. The molecule has 0 aliphatic heterocycles. The predicted octanol–water partition coefficient (Wildman–Crippen LogP) is 6.13. The smallest absolute Gasteiger partial charge is 0.163 e. The third-order valence-electron chi connectivity index (χ3n) is 5.09. The van der Waals surface area contributed by atoms with E-state index in [9.17, 15) is 4.79 Å². The summed E-state index contributed by atoms with van der Waals surface area (Å²) in [4.78, 5) is 13.8. The summed E-state index contributed by atoms with van der Waals surface area (Å²) in [5.74, 6) is 0.282. The second-order valence-electron chi connectivity index (χ2n) is 8.32. The molecular formula is C24H48N2O. The normalized spacial score (nSPS) is 12.9. The van der Waals surface area contributed by atoms with Gasteiger partial charge < -0.3 is 10.2 Å². The summed E-state index contributed by atoms with van der Waals surface area (Å²) < 4.78 is 0. The van der Waals surface area contributed by atoms with Crippen LogP contribution in [-0.4, -0.2) is 43.9 Å². The molecule has 0 spiro atoms. The second kappa shape index (κ2) is 20.1. The second-order valence-corrected chi connectivity index (χ2v) is 8.32. The van der Waals surface area contributed by atoms with Crippen LogP contribution in [0.2, 0.25) is 0 Å². The van der Waals surface area contributed by atoms with Crippen LogP contribution in [0.15, 0.2) is 12.2 Å². The number of unbranched alkanes of at least 4 members (excludes halogenated alkanes) is 12. The zero-order valence-electron chi connectivity index (χ0n) is 18.9. The first-order valence-electron chi connectivity index (χ1n) is 11.6. The number of allylic oxidation sites excluding steroid dienone is 2. The third kappa shape index (κ3) is 19.9. The number of ketones is 1. The van der Waals surface area contributed by atoms with Crippen LogP contribution in [-0.2, 0) is 4.79 Å². The van der Waals surface area contributed by atoms with Gasteiger partial charge in [0.15, 0.2) is 5.78 Å². The summed E-state index contributed by atoms with van der Waals surface area (Å²) in [7, 11) is 3.88. The molecule has 160 valence electrons. The Bertz CT molecular complexity index is 352. The average Bonchev–Trinajstić information content (AvgIpc) is 2.63. The van der Waals surface area contributed by atoms with Gasteiger partial charge in [-0.05, 0) is 59.7 Å². The van der Waals surface area contributed by atoms with Gasteiger partial charge in [-0.1, -0.05) is 76.9 Å². The average molecular weight is 381 g/mol. The van der Waals surface area contributed by atoms with Crippen LogP contribution in [0, 0.1) is 0 Å². The van der Waals surface area contributed by atoms with Crippen molar-refractivity contribution in [3.63, 3.8) is 0 Å². The zero-order chi connectivity index (χ0) is 20.2. The van der Waals surface area contributed by atoms with Crippen LogP contribution in [0.4, 0.5) is 0 Å². The lowest BCUT2D eigenvalue weighted by molar-refractivity contribution is -0.121. The van der Waals surface area contributed by atoms with Crippen LogP contribution in [0.3, 0.4) is 0 Å². The Morgan fingerprint density at radius 2 is 1.30 bits per heavy atom. The molecule has 3 nitrogen and oxygen atoms in total. The minimum Gasteiger partial charge on any atom is -0.308 e. The van der Waals surface area contributed by atoms with Crippen molar-refractivity contribution in [2.75, 3.05) is 27.2 Å². The van der Waals surface area contributed by atoms with Crippen LogP contribution < -0.4 is 5.32 Å². The molecule has 0 aliphatic carbocycles. The molecule has 0 aliphatic rings. The van der Waals surface area contributed by atoms with E-state index in [0.29, 0.717) is 6.54 Å². The molecule has 1 atom stereocenters. The molecule has 0 fully saturated rings. The number of rotatable bonds is 20. The topological polar surface area (TPSA) is 32.3 Å². The van der Waals surface area contributed by atoms with Gasteiger partial charge in [-0.25, -0.2) is 0 Å². The molecule has 0 saturated carbocycles. The van der Waals surface area contributed by atoms with Crippen LogP contribution >= 0.6 is 0 Å². The summed E-state index contributed by atoms with van der Waals surface area (Å²) in [6, 6.07) is -0.0180. The highest BCUT2D eigenvalue weighted by Gasteiger charge is 2.11. The van der Waals surface area contributed by atoms with Crippen molar-refractivity contribution >= 4 is 5.78 Å². The number of carbonyl (C=O) groups is 1. The molecule has 1 unspecified atom stereocenters. The number of hydrogen-bond donors (Lipinski definition) is 1. The van der Waals surface area contributed by atoms with E-state index < -0.39 is 0 Å². The lowest BCUT2D eigenvalue weighted by atomic mass is 10.1. The Hall–Kier alpha value is -0.670. The summed E-state index contributed by atoms with van der Waals surface area (Å²) in [6.07, 6.45) is 23.5. The number of likely N-dealkylation sites (N-methyl/N-ethyl adjacent to an activating group) is 1. The molecule has 0 rings (SSSR count). The van der Waals surface area contributed by atoms with Crippen molar-refractivity contribution in [3.05, 3.63) is 12.2 Å². The first kappa shape index (κ1) is 26.3. The van der Waals surface area contributed by atoms with Crippen molar-refractivity contribution in [1.82, 2.24) is 10.2 Å². The molecule has 0 aromatic heterocycles. The van der Waals surface area contributed by atoms with Crippen LogP contribution in [0.25, 0.3) is 0 Å². The van der Waals surface area contributed by atoms with E-state index >= 15 is 0 Å². The molecule has 1 N–H and O–H groups in total. The summed E-state index contributed by atoms with van der Waals surface area (Å²) in [6.45, 7) is 5.74. The van der Waals surface area contributed by atoms with Gasteiger partial charge in [0.25, 0.3) is 0 Å². The Kier molecular flexibility index (Phi) is 19.6. The van der Waals surface area contributed by atoms with E-state index in [4.69, 9.17) is 0 Å². The van der Waals surface area contributed by atoms with Gasteiger partial charge in [0, 0.05) is 0 Å². The van der Waals surface area contributed by atoms with Gasteiger partial charge in [-0.15, -0.1) is 0 Å². The molecule has 3 heteroatoms. The van der Waals surface area contributed by atoms with E-state index in [2.05, 4.69) is 24.4 Å². The molecule has 0 heterocycles. The maximum atomic E-state index is 11.8. The van der Waals surface area contributed by atoms with Crippen molar-refractivity contribution < 1.29 is 4.79 Å². The maximum Gasteiger partial charge on any atom is 0.163 e. The summed E-state index contributed by atoms with van der Waals surface area (Å²) in [5.41, 5.74) is 0. The van der Waals surface area contributed by atoms with Crippen molar-refractivity contribution in [2.45, 2.75) is 110 Å². The Balaban J connectivity index is 3.27. The van der Waals surface area contributed by atoms with Crippen molar-refractivity contribution in [3.8, 4) is 0 Å². The Morgan fingerprint density at radius 3 is 1.81 bits per heavy atom. The third-order valence-corrected chi connectivity index (χ3v) is 5.09. The lowest BCUT2D eigenvalue weighted by Gasteiger charge is -2.15. The highest BCUT2D eigenvalue weighted by Crippen LogP contribution is 2.09. The maximum absolute atomic E-state index is 11.8. The van der Waals surface area contributed by atoms with E-state index in [1.54, 1.807) is 0 Å². The van der Waals surface area contributed by atoms with Gasteiger partial charge in [-0.3, -0.25) is 4.79 Å². The number of Topliss-reactive ketones (excluding diaryl/α,β-unsaturated/α-hetero) is 1. The monoisotopic (exact) mass is 380 g/mol. The van der Waals surface area contributed by atoms with Gasteiger partial charge in [-0.2, -0.15) is 0 Å². The molecule has 27 heavy (non-hydrogen) atoms. The summed E-state index contributed by atoms with van der Waals surface area (Å²) in [5, 5.41) is 3.35. The molecule has 0 aromatic rings. The molecule has 0 amide bonds. The number of carbonyl (C=O) groups excluding carboxylic acids is 1. The fourth-order valence-electron chi connectivity index (χ4n) is 3.25. The van der Waals surface area contributed by atoms with Gasteiger partial charge in [0.1, 0.15) is 0 Å². The molecule has 0 radical (unpaired) electrons. The fraction of sp³-hybridized carbons (Fsp3) is 0.875. The lowest BCUT2D eigenvalue weighted by Crippen LogP contribution is -2.39. The molecule has 0 aromatic carbocycles. The Labute approximate surface area is 170 Å². The molecule has 0 saturated heterocycles. The van der Waals surface area contributed by atoms with Crippen molar-refractivity contribution in [2.24, 2.45) is 0 Å². The Morgan fingerprint density at radius 1 is 0.815 bits per heavy atom. The van der Waals surface area contributed by atoms with Crippen LogP contribution in [0.5, 0.6) is 0 Å². The van der Waals surface area contributed by atoms with E-state index in [0.717, 1.165) is 6.54 Å². The molecular weight excluding hydrogens is 332 g/mol. The van der Waals surface area contributed by atoms with E-state index in [-0.39, 0.29) is 11.8 Å². The van der Waals surface area contributed by atoms with Crippen molar-refractivity contribution in [1.29, 1.82) is 0 Å². The SMILES string of the molecule is CCCCCCCC/C=C\CCCCCCCCNC(C)C(=O)CN(C)C. The predicted molar refractivity (Wildman–Crippen MR) is 120 cm³/mol. The minimum absolute atomic E-state index is 0.0180. The minimum atomic E-state index is -0.0180. The highest BCUT2D eigenvalue weighted by atomic mass is 16.1. The standard InChI is InChI=1S/C24H48N2O/c1-5-6-7-8-9-10-11-12-13-14-15-16-17-18-19-20-21-25-23(2)24(27)22-26(3)4/h12-13,23,25H,5-11,14-22H2,1-4H3/b13-12-.